The van der Waals surface area contributed by atoms with Crippen molar-refractivity contribution in [1.29, 1.82) is 0 Å². The number of nitrogens with zero attached hydrogens (tertiary/aromatic N) is 1. The fraction of sp³-hybridized carbons (Fsp3) is 0.241. The molecule has 0 bridgehead atoms. The number of phenolic OH excluding ortho intramolecular Hbond substituents is 2. The Morgan fingerprint density at radius 3 is 2.15 bits per heavy atom. The lowest BCUT2D eigenvalue weighted by Gasteiger charge is -2.52. The van der Waals surface area contributed by atoms with Gasteiger partial charge in [0, 0.05) is 16.5 Å². The number of fused-ring (bicyclic) bond motifs is 3. The van der Waals surface area contributed by atoms with E-state index in [1.807, 2.05) is 0 Å². The average Bonchev–Trinajstić information content (AvgIpc) is 2.95. The average molecular weight is 695 g/mol. The highest BCUT2D eigenvalue weighted by Gasteiger charge is 2.67. The molecule has 5 atom stereocenters. The Balaban J connectivity index is 0.000000300. The summed E-state index contributed by atoms with van der Waals surface area (Å²) in [5.41, 5.74) is 0.186. The third-order valence-corrected chi connectivity index (χ3v) is 8.65. The molecular formula is C29H27ClN2O14S. The molecule has 2 aromatic carbocycles. The van der Waals surface area contributed by atoms with E-state index in [2.05, 4.69) is 10.8 Å². The molecule has 0 spiro atoms. The summed E-state index contributed by atoms with van der Waals surface area (Å²) in [4.78, 5) is 50.8. The molecular weight excluding hydrogens is 668 g/mol. The summed E-state index contributed by atoms with van der Waals surface area (Å²) < 4.78 is 32.1. The summed E-state index contributed by atoms with van der Waals surface area (Å²) >= 11 is 6.24. The molecule has 0 heterocycles. The molecule has 18 heteroatoms. The minimum absolute atomic E-state index is 0.0498. The molecule has 0 saturated carbocycles. The molecule has 0 saturated heterocycles. The highest BCUT2D eigenvalue weighted by Crippen LogP contribution is 2.55. The van der Waals surface area contributed by atoms with E-state index in [0.29, 0.717) is 0 Å². The Hall–Kier alpha value is -4.78. The second-order valence-corrected chi connectivity index (χ2v) is 12.3. The lowest BCUT2D eigenvalue weighted by Crippen LogP contribution is -2.68. The van der Waals surface area contributed by atoms with E-state index in [0.717, 1.165) is 12.1 Å². The van der Waals surface area contributed by atoms with Crippen molar-refractivity contribution in [2.45, 2.75) is 17.7 Å². The molecule has 3 aliphatic carbocycles. The molecule has 250 valence electrons. The first kappa shape index (κ1) is 35.1. The Bertz CT molecular complexity index is 1940. The van der Waals surface area contributed by atoms with Crippen LogP contribution in [0.2, 0.25) is 5.02 Å². The third kappa shape index (κ3) is 5.62. The van der Waals surface area contributed by atoms with Gasteiger partial charge in [-0.2, -0.15) is 8.42 Å². The van der Waals surface area contributed by atoms with E-state index in [9.17, 15) is 53.1 Å². The number of halogens is 1. The molecule has 16 nitrogen and oxygen atoms in total. The zero-order chi connectivity index (χ0) is 35.5. The van der Waals surface area contributed by atoms with E-state index in [-0.39, 0.29) is 27.3 Å². The number of aliphatic hydroxyl groups is 4. The van der Waals surface area contributed by atoms with Crippen LogP contribution in [-0.4, -0.2) is 104 Å². The van der Waals surface area contributed by atoms with Crippen molar-refractivity contribution in [2.75, 3.05) is 14.1 Å². The maximum Gasteiger partial charge on any atom is 0.449 e. The molecule has 0 fully saturated rings. The number of para-hydroxylation sites is 1. The van der Waals surface area contributed by atoms with Crippen molar-refractivity contribution >= 4 is 51.0 Å². The summed E-state index contributed by atoms with van der Waals surface area (Å²) in [5, 5.41) is 64.2. The smallest absolute Gasteiger partial charge is 0.449 e. The summed E-state index contributed by atoms with van der Waals surface area (Å²) in [6.45, 7) is 3.89. The predicted molar refractivity (Wildman–Crippen MR) is 160 cm³/mol. The number of carbonyl (C=O) groups excluding carboxylic acids is 4. The fourth-order valence-electron chi connectivity index (χ4n) is 6.05. The summed E-state index contributed by atoms with van der Waals surface area (Å²) in [7, 11) is -1.95. The number of hydrogen-bond acceptors (Lipinski definition) is 14. The van der Waals surface area contributed by atoms with Gasteiger partial charge in [-0.05, 0) is 43.9 Å². The zero-order valence-corrected chi connectivity index (χ0v) is 25.9. The van der Waals surface area contributed by atoms with Crippen LogP contribution in [0.4, 0.5) is 0 Å². The van der Waals surface area contributed by atoms with Crippen LogP contribution >= 0.6 is 11.6 Å². The number of aromatic hydroxyl groups is 2. The van der Waals surface area contributed by atoms with Gasteiger partial charge in [-0.25, -0.2) is 4.79 Å². The normalized spacial score (nSPS) is 25.4. The molecule has 0 aliphatic heterocycles. The Labute approximate surface area is 270 Å². The minimum atomic E-state index is -4.85. The number of Topliss-reactive ketones (excluding diaryl/α,β-unsaturated/α-hetero) is 2. The zero-order valence-electron chi connectivity index (χ0n) is 24.3. The first-order valence-electron chi connectivity index (χ1n) is 13.2. The first-order valence-corrected chi connectivity index (χ1v) is 14.9. The number of aliphatic hydroxyl groups excluding tert-OH is 3. The predicted octanol–water partition coefficient (Wildman–Crippen LogP) is 0.567. The molecule has 2 aromatic rings. The number of carbonyl (C=O) groups is 4. The topological polar surface area (TPSA) is 283 Å². The molecule has 0 unspecified atom stereocenters. The summed E-state index contributed by atoms with van der Waals surface area (Å²) in [6.07, 6.45) is -1.75. The van der Waals surface area contributed by atoms with Crippen LogP contribution in [0, 0.1) is 11.8 Å². The second-order valence-electron chi connectivity index (χ2n) is 10.9. The number of likely N-dealkylation sites (N-methyl/N-ethyl adjacent to an activating group) is 1. The van der Waals surface area contributed by atoms with Crippen molar-refractivity contribution in [3.63, 3.8) is 0 Å². The van der Waals surface area contributed by atoms with Gasteiger partial charge in [0.05, 0.1) is 29.2 Å². The fourth-order valence-corrected chi connectivity index (χ4v) is 6.61. The summed E-state index contributed by atoms with van der Waals surface area (Å²) in [6, 6.07) is 6.32. The van der Waals surface area contributed by atoms with Crippen molar-refractivity contribution in [3.05, 3.63) is 87.4 Å². The number of rotatable bonds is 4. The Morgan fingerprint density at radius 1 is 1.02 bits per heavy atom. The second kappa shape index (κ2) is 12.1. The molecule has 3 aliphatic rings. The van der Waals surface area contributed by atoms with Gasteiger partial charge in [0.25, 0.3) is 5.91 Å². The first-order chi connectivity index (χ1) is 21.7. The SMILES string of the molecule is C=C1c2c(Cl)ccc(O)c2C(=O)C2=C(O)[C@]3(O)C(=O)C(C(N)=O)=C(O)[C@@H](N(C)C)[C@@H]3[C@@H](O)[C@H]12.O=C(OS(=O)(=O)O)c1ccccc1O. The molecule has 9 N–H and O–H groups in total. The number of hydrogen-bond donors (Lipinski definition) is 8. The Kier molecular flexibility index (Phi) is 9.03. The number of phenols is 2. The maximum absolute atomic E-state index is 13.4. The van der Waals surface area contributed by atoms with Crippen molar-refractivity contribution in [1.82, 2.24) is 4.90 Å². The standard InChI is InChI=1S/C22H21ClN2O8.C7H6O6S/c1-6-9-7(23)4-5-8(26)11(9)16(27)12-10(6)17(28)14-15(25(2)3)18(29)13(21(24)32)20(31)22(14,33)19(12)30;8-6-4-2-1-3-5(6)7(9)13-14(10,11)12/h4-5,10,14-15,17,26,28-30,33H,1H2,2-3H3,(H2,24,32);1-4,8H,(H,10,11,12)/t10-,14-,15+,17+,22+;/m1./s1. The minimum Gasteiger partial charge on any atom is -0.510 e. The van der Waals surface area contributed by atoms with Crippen LogP contribution in [0.1, 0.15) is 26.3 Å². The number of amides is 1. The maximum atomic E-state index is 13.4. The van der Waals surface area contributed by atoms with Crippen LogP contribution in [-0.2, 0) is 24.2 Å². The Morgan fingerprint density at radius 2 is 1.62 bits per heavy atom. The van der Waals surface area contributed by atoms with Gasteiger partial charge >= 0.3 is 16.4 Å². The van der Waals surface area contributed by atoms with E-state index in [1.54, 1.807) is 0 Å². The van der Waals surface area contributed by atoms with Crippen LogP contribution in [0.15, 0.2) is 65.6 Å². The molecule has 5 rings (SSSR count). The van der Waals surface area contributed by atoms with Crippen molar-refractivity contribution in [2.24, 2.45) is 17.6 Å². The summed E-state index contributed by atoms with van der Waals surface area (Å²) in [5.74, 6) is -10.9. The van der Waals surface area contributed by atoms with Crippen LogP contribution in [0.25, 0.3) is 5.57 Å². The lowest BCUT2D eigenvalue weighted by atomic mass is 9.56. The van der Waals surface area contributed by atoms with Gasteiger partial charge in [-0.3, -0.25) is 23.8 Å². The third-order valence-electron chi connectivity index (χ3n) is 7.98. The van der Waals surface area contributed by atoms with Gasteiger partial charge in [-0.1, -0.05) is 30.3 Å². The van der Waals surface area contributed by atoms with Crippen molar-refractivity contribution < 1.29 is 67.0 Å². The molecule has 1 amide bonds. The van der Waals surface area contributed by atoms with E-state index in [1.165, 1.54) is 43.3 Å². The van der Waals surface area contributed by atoms with Gasteiger partial charge in [0.1, 0.15) is 34.2 Å². The van der Waals surface area contributed by atoms with Crippen LogP contribution < -0.4 is 5.73 Å². The monoisotopic (exact) mass is 694 g/mol. The highest BCUT2D eigenvalue weighted by atomic mass is 35.5. The largest absolute Gasteiger partial charge is 0.510 e. The van der Waals surface area contributed by atoms with E-state index < -0.39 is 97.6 Å². The molecule has 47 heavy (non-hydrogen) atoms. The van der Waals surface area contributed by atoms with Crippen molar-refractivity contribution in [3.8, 4) is 11.5 Å². The van der Waals surface area contributed by atoms with Gasteiger partial charge in [-0.15, -0.1) is 0 Å². The molecule has 0 aromatic heterocycles. The highest BCUT2D eigenvalue weighted by molar-refractivity contribution is 7.81. The van der Waals surface area contributed by atoms with E-state index >= 15 is 0 Å². The van der Waals surface area contributed by atoms with Gasteiger partial charge < -0.3 is 40.6 Å². The quantitative estimate of drug-likeness (QED) is 0.160. The molecule has 0 radical (unpaired) electrons. The van der Waals surface area contributed by atoms with Crippen LogP contribution in [0.5, 0.6) is 11.5 Å². The van der Waals surface area contributed by atoms with E-state index in [4.69, 9.17) is 27.0 Å². The van der Waals surface area contributed by atoms with Gasteiger partial charge in [0.2, 0.25) is 5.78 Å². The number of nitrogens with two attached hydrogens (primary N) is 1. The van der Waals surface area contributed by atoms with Crippen LogP contribution in [0.3, 0.4) is 0 Å². The number of benzene rings is 2. The number of primary amides is 1. The number of ketones is 2. The van der Waals surface area contributed by atoms with Gasteiger partial charge in [0.15, 0.2) is 11.4 Å². The lowest BCUT2D eigenvalue weighted by molar-refractivity contribution is -0.159.